The molecule has 1 amide bonds. The summed E-state index contributed by atoms with van der Waals surface area (Å²) in [5, 5.41) is 0. The standard InChI is InChI=1S/C24H28N2O/c1-17-12-13-21(18(2)15-17)23-16-22(24(25)27)19(3)26(23)14-8-7-11-20-9-5-4-6-10-20/h4-6,9-10,12-13,15-16H,7-8,11,14H2,1-3H3,(H2,25,27). The molecule has 0 spiro atoms. The van der Waals surface area contributed by atoms with Crippen LogP contribution in [0.4, 0.5) is 0 Å². The number of nitrogens with zero attached hydrogens (tertiary/aromatic N) is 1. The van der Waals surface area contributed by atoms with E-state index in [-0.39, 0.29) is 5.91 Å². The first-order chi connectivity index (χ1) is 13.0. The molecule has 0 unspecified atom stereocenters. The summed E-state index contributed by atoms with van der Waals surface area (Å²) in [4.78, 5) is 11.9. The van der Waals surface area contributed by atoms with Crippen LogP contribution in [0.1, 0.15) is 45.6 Å². The average Bonchev–Trinajstić information content (AvgIpc) is 2.96. The number of nitrogens with two attached hydrogens (primary N) is 1. The normalized spacial score (nSPS) is 10.9. The van der Waals surface area contributed by atoms with Gasteiger partial charge in [-0.2, -0.15) is 0 Å². The van der Waals surface area contributed by atoms with E-state index in [9.17, 15) is 4.79 Å². The highest BCUT2D eigenvalue weighted by molar-refractivity contribution is 5.95. The van der Waals surface area contributed by atoms with Crippen LogP contribution >= 0.6 is 0 Å². The van der Waals surface area contributed by atoms with Gasteiger partial charge in [-0.3, -0.25) is 4.79 Å². The van der Waals surface area contributed by atoms with Crippen molar-refractivity contribution in [1.82, 2.24) is 4.57 Å². The zero-order chi connectivity index (χ0) is 19.4. The molecule has 3 nitrogen and oxygen atoms in total. The molecule has 0 saturated carbocycles. The van der Waals surface area contributed by atoms with E-state index < -0.39 is 0 Å². The highest BCUT2D eigenvalue weighted by atomic mass is 16.1. The van der Waals surface area contributed by atoms with Crippen LogP contribution in [-0.2, 0) is 13.0 Å². The summed E-state index contributed by atoms with van der Waals surface area (Å²) in [6.07, 6.45) is 3.24. The van der Waals surface area contributed by atoms with Gasteiger partial charge in [-0.05, 0) is 57.2 Å². The molecule has 3 heteroatoms. The molecule has 0 atom stereocenters. The quantitative estimate of drug-likeness (QED) is 0.578. The lowest BCUT2D eigenvalue weighted by molar-refractivity contribution is 0.0999. The van der Waals surface area contributed by atoms with Gasteiger partial charge in [-0.1, -0.05) is 54.1 Å². The lowest BCUT2D eigenvalue weighted by Crippen LogP contribution is -2.12. The van der Waals surface area contributed by atoms with Crippen LogP contribution in [0.2, 0.25) is 0 Å². The van der Waals surface area contributed by atoms with Crippen molar-refractivity contribution in [2.24, 2.45) is 5.73 Å². The Morgan fingerprint density at radius 3 is 2.37 bits per heavy atom. The first-order valence-corrected chi connectivity index (χ1v) is 9.59. The summed E-state index contributed by atoms with van der Waals surface area (Å²) >= 11 is 0. The van der Waals surface area contributed by atoms with Gasteiger partial charge in [-0.25, -0.2) is 0 Å². The Kier molecular flexibility index (Phi) is 5.80. The fourth-order valence-corrected chi connectivity index (χ4v) is 3.75. The number of aryl methyl sites for hydroxylation is 3. The van der Waals surface area contributed by atoms with E-state index in [1.54, 1.807) is 0 Å². The number of primary amides is 1. The Morgan fingerprint density at radius 1 is 0.963 bits per heavy atom. The van der Waals surface area contributed by atoms with Crippen LogP contribution in [0, 0.1) is 20.8 Å². The van der Waals surface area contributed by atoms with Gasteiger partial charge in [0.05, 0.1) is 5.56 Å². The number of unbranched alkanes of at least 4 members (excludes halogenated alkanes) is 1. The van der Waals surface area contributed by atoms with Crippen molar-refractivity contribution in [3.05, 3.63) is 82.5 Å². The number of carbonyl (C=O) groups excluding carboxylic acids is 1. The van der Waals surface area contributed by atoms with Crippen LogP contribution in [0.5, 0.6) is 0 Å². The van der Waals surface area contributed by atoms with Crippen molar-refractivity contribution in [2.75, 3.05) is 0 Å². The third-order valence-corrected chi connectivity index (χ3v) is 5.23. The second-order valence-electron chi connectivity index (χ2n) is 7.31. The molecule has 140 valence electrons. The Labute approximate surface area is 161 Å². The first-order valence-electron chi connectivity index (χ1n) is 9.59. The maximum atomic E-state index is 11.9. The van der Waals surface area contributed by atoms with Gasteiger partial charge < -0.3 is 10.3 Å². The maximum absolute atomic E-state index is 11.9. The zero-order valence-electron chi connectivity index (χ0n) is 16.5. The molecule has 3 aromatic rings. The number of amides is 1. The summed E-state index contributed by atoms with van der Waals surface area (Å²) in [7, 11) is 0. The molecule has 0 aliphatic rings. The third-order valence-electron chi connectivity index (χ3n) is 5.23. The van der Waals surface area contributed by atoms with Crippen molar-refractivity contribution in [3.8, 4) is 11.3 Å². The molecular weight excluding hydrogens is 332 g/mol. The van der Waals surface area contributed by atoms with Crippen LogP contribution in [-0.4, -0.2) is 10.5 Å². The zero-order valence-corrected chi connectivity index (χ0v) is 16.5. The average molecular weight is 361 g/mol. The summed E-state index contributed by atoms with van der Waals surface area (Å²) < 4.78 is 2.25. The second kappa shape index (κ2) is 8.26. The summed E-state index contributed by atoms with van der Waals surface area (Å²) in [5.41, 5.74) is 13.3. The SMILES string of the molecule is Cc1ccc(-c2cc(C(N)=O)c(C)n2CCCCc2ccccc2)c(C)c1. The molecule has 0 aliphatic heterocycles. The number of rotatable bonds is 7. The van der Waals surface area contributed by atoms with Crippen molar-refractivity contribution in [2.45, 2.75) is 46.6 Å². The molecule has 0 aliphatic carbocycles. The van der Waals surface area contributed by atoms with Crippen molar-refractivity contribution < 1.29 is 4.79 Å². The largest absolute Gasteiger partial charge is 0.366 e. The summed E-state index contributed by atoms with van der Waals surface area (Å²) in [6.45, 7) is 7.09. The summed E-state index contributed by atoms with van der Waals surface area (Å²) in [5.74, 6) is -0.360. The first kappa shape index (κ1) is 19.0. The Hall–Kier alpha value is -2.81. The highest BCUT2D eigenvalue weighted by Crippen LogP contribution is 2.29. The number of aromatic nitrogens is 1. The fourth-order valence-electron chi connectivity index (χ4n) is 3.75. The van der Waals surface area contributed by atoms with E-state index in [4.69, 9.17) is 5.73 Å². The molecule has 0 radical (unpaired) electrons. The fraction of sp³-hybridized carbons (Fsp3) is 0.292. The minimum atomic E-state index is -0.360. The Morgan fingerprint density at radius 2 is 1.70 bits per heavy atom. The molecule has 0 saturated heterocycles. The molecule has 1 heterocycles. The second-order valence-corrected chi connectivity index (χ2v) is 7.31. The number of carbonyl (C=O) groups is 1. The van der Waals surface area contributed by atoms with E-state index >= 15 is 0 Å². The van der Waals surface area contributed by atoms with Crippen LogP contribution in [0.25, 0.3) is 11.3 Å². The Bertz CT molecular complexity index is 939. The number of hydrogen-bond acceptors (Lipinski definition) is 1. The van der Waals surface area contributed by atoms with Crippen molar-refractivity contribution in [1.29, 1.82) is 0 Å². The van der Waals surface area contributed by atoms with Gasteiger partial charge in [-0.15, -0.1) is 0 Å². The lowest BCUT2D eigenvalue weighted by Gasteiger charge is -2.14. The van der Waals surface area contributed by atoms with E-state index in [0.29, 0.717) is 5.56 Å². The molecule has 0 bridgehead atoms. The summed E-state index contributed by atoms with van der Waals surface area (Å²) in [6, 6.07) is 19.0. The minimum absolute atomic E-state index is 0.360. The van der Waals surface area contributed by atoms with Gasteiger partial charge in [0.15, 0.2) is 0 Å². The van der Waals surface area contributed by atoms with E-state index in [2.05, 4.69) is 60.9 Å². The van der Waals surface area contributed by atoms with Crippen LogP contribution in [0.3, 0.4) is 0 Å². The van der Waals surface area contributed by atoms with Gasteiger partial charge in [0.25, 0.3) is 5.91 Å². The maximum Gasteiger partial charge on any atom is 0.250 e. The van der Waals surface area contributed by atoms with Crippen molar-refractivity contribution in [3.63, 3.8) is 0 Å². The van der Waals surface area contributed by atoms with Crippen LogP contribution < -0.4 is 5.73 Å². The molecule has 27 heavy (non-hydrogen) atoms. The molecule has 3 rings (SSSR count). The van der Waals surface area contributed by atoms with E-state index in [1.165, 1.54) is 22.3 Å². The minimum Gasteiger partial charge on any atom is -0.366 e. The molecule has 0 fully saturated rings. The lowest BCUT2D eigenvalue weighted by atomic mass is 10.0. The monoisotopic (exact) mass is 360 g/mol. The predicted octanol–water partition coefficient (Wildman–Crippen LogP) is 5.20. The van der Waals surface area contributed by atoms with E-state index in [0.717, 1.165) is 37.2 Å². The van der Waals surface area contributed by atoms with Gasteiger partial charge in [0.2, 0.25) is 0 Å². The molecule has 2 aromatic carbocycles. The molecule has 1 aromatic heterocycles. The topological polar surface area (TPSA) is 48.0 Å². The smallest absolute Gasteiger partial charge is 0.250 e. The van der Waals surface area contributed by atoms with E-state index in [1.807, 2.05) is 19.1 Å². The van der Waals surface area contributed by atoms with Crippen molar-refractivity contribution >= 4 is 5.91 Å². The number of benzene rings is 2. The third kappa shape index (κ3) is 4.30. The Balaban J connectivity index is 1.83. The highest BCUT2D eigenvalue weighted by Gasteiger charge is 2.17. The molecular formula is C24H28N2O. The van der Waals surface area contributed by atoms with Gasteiger partial charge >= 0.3 is 0 Å². The number of hydrogen-bond donors (Lipinski definition) is 1. The van der Waals surface area contributed by atoms with Gasteiger partial charge in [0, 0.05) is 23.5 Å². The van der Waals surface area contributed by atoms with Gasteiger partial charge in [0.1, 0.15) is 0 Å². The molecule has 2 N–H and O–H groups in total. The van der Waals surface area contributed by atoms with Crippen LogP contribution in [0.15, 0.2) is 54.6 Å². The predicted molar refractivity (Wildman–Crippen MR) is 112 cm³/mol.